The number of carboxylic acids is 1. The second-order valence-electron chi connectivity index (χ2n) is 14.0. The van der Waals surface area contributed by atoms with Crippen molar-refractivity contribution in [1.29, 1.82) is 0 Å². The Bertz CT molecular complexity index is 823. The molecule has 0 aromatic rings. The largest absolute Gasteiger partial charge is 0.481 e. The van der Waals surface area contributed by atoms with Gasteiger partial charge in [-0.2, -0.15) is 0 Å². The standard InChI is InChI=1S/C30H50O3/c1-9-14-27(6)22(26(4,5)33)13-15-29(8)23(27)11-10-21-24-20(3)19(2)12-16-30(24,25(31)32)18-17-28(21,29)7/h10,19-20,22-24,33H,9,11-18H2,1-8H3,(H,31,32)/t19-,20+,22?,23-,24+,27+,28-,29-,30+/m1/s1. The summed E-state index contributed by atoms with van der Waals surface area (Å²) in [5, 5.41) is 21.7. The minimum atomic E-state index is -0.672. The van der Waals surface area contributed by atoms with Crippen molar-refractivity contribution in [3.05, 3.63) is 11.6 Å². The maximum absolute atomic E-state index is 12.8. The molecule has 0 aromatic carbocycles. The van der Waals surface area contributed by atoms with E-state index in [0.29, 0.717) is 23.7 Å². The van der Waals surface area contributed by atoms with Crippen LogP contribution in [0.4, 0.5) is 0 Å². The molecule has 3 heteroatoms. The van der Waals surface area contributed by atoms with Gasteiger partial charge in [0.05, 0.1) is 11.0 Å². The zero-order valence-electron chi connectivity index (χ0n) is 22.6. The second kappa shape index (κ2) is 7.84. The smallest absolute Gasteiger partial charge is 0.310 e. The second-order valence-corrected chi connectivity index (χ2v) is 14.0. The summed E-state index contributed by atoms with van der Waals surface area (Å²) in [7, 11) is 0. The van der Waals surface area contributed by atoms with E-state index >= 15 is 0 Å². The summed E-state index contributed by atoms with van der Waals surface area (Å²) in [5.41, 5.74) is 0.539. The van der Waals surface area contributed by atoms with Crippen molar-refractivity contribution in [1.82, 2.24) is 0 Å². The van der Waals surface area contributed by atoms with Gasteiger partial charge in [0.25, 0.3) is 0 Å². The third-order valence-corrected chi connectivity index (χ3v) is 12.3. The third kappa shape index (κ3) is 3.26. The van der Waals surface area contributed by atoms with Crippen LogP contribution in [0.2, 0.25) is 0 Å². The van der Waals surface area contributed by atoms with E-state index in [4.69, 9.17) is 0 Å². The van der Waals surface area contributed by atoms with Crippen LogP contribution in [-0.4, -0.2) is 21.8 Å². The Morgan fingerprint density at radius 3 is 2.33 bits per heavy atom. The van der Waals surface area contributed by atoms with E-state index < -0.39 is 17.0 Å². The highest BCUT2D eigenvalue weighted by Crippen LogP contribution is 2.74. The number of allylic oxidation sites excluding steroid dienone is 2. The maximum atomic E-state index is 12.8. The van der Waals surface area contributed by atoms with E-state index in [-0.39, 0.29) is 22.2 Å². The van der Waals surface area contributed by atoms with Crippen LogP contribution in [0.1, 0.15) is 113 Å². The van der Waals surface area contributed by atoms with Gasteiger partial charge >= 0.3 is 5.97 Å². The molecule has 4 aliphatic rings. The van der Waals surface area contributed by atoms with Crippen molar-refractivity contribution in [2.45, 2.75) is 119 Å². The predicted molar refractivity (Wildman–Crippen MR) is 135 cm³/mol. The molecule has 4 rings (SSSR count). The molecule has 0 aliphatic heterocycles. The molecule has 0 radical (unpaired) electrons. The summed E-state index contributed by atoms with van der Waals surface area (Å²) in [5.74, 6) is 1.43. The highest BCUT2D eigenvalue weighted by atomic mass is 16.4. The fourth-order valence-corrected chi connectivity index (χ4v) is 10.3. The Morgan fingerprint density at radius 1 is 1.09 bits per heavy atom. The molecule has 2 N–H and O–H groups in total. The van der Waals surface area contributed by atoms with E-state index in [1.807, 2.05) is 13.8 Å². The molecule has 9 atom stereocenters. The zero-order chi connectivity index (χ0) is 24.6. The topological polar surface area (TPSA) is 57.5 Å². The molecule has 0 spiro atoms. The van der Waals surface area contributed by atoms with E-state index in [1.165, 1.54) is 5.57 Å². The van der Waals surface area contributed by atoms with E-state index in [9.17, 15) is 15.0 Å². The van der Waals surface area contributed by atoms with Gasteiger partial charge in [0.1, 0.15) is 0 Å². The van der Waals surface area contributed by atoms with Crippen LogP contribution in [0, 0.1) is 51.2 Å². The molecule has 0 saturated heterocycles. The Kier molecular flexibility index (Phi) is 6.00. The molecular formula is C30H50O3. The van der Waals surface area contributed by atoms with Crippen molar-refractivity contribution in [2.75, 3.05) is 0 Å². The van der Waals surface area contributed by atoms with Gasteiger partial charge in [-0.25, -0.2) is 0 Å². The SMILES string of the molecule is CCC[C@@]1(C)C(C(C)(C)O)CC[C@]2(C)[C@@H]1CC=C1[C@@H]3[C@@H](C)[C@H](C)CC[C@]3(C(=O)O)CC[C@]12C. The minimum absolute atomic E-state index is 0.0461. The Morgan fingerprint density at radius 2 is 1.76 bits per heavy atom. The minimum Gasteiger partial charge on any atom is -0.481 e. The van der Waals surface area contributed by atoms with Crippen LogP contribution in [-0.2, 0) is 4.79 Å². The fraction of sp³-hybridized carbons (Fsp3) is 0.900. The van der Waals surface area contributed by atoms with Crippen molar-refractivity contribution >= 4 is 5.97 Å². The quantitative estimate of drug-likeness (QED) is 0.429. The lowest BCUT2D eigenvalue weighted by atomic mass is 9.34. The summed E-state index contributed by atoms with van der Waals surface area (Å²) in [6.45, 7) is 18.5. The molecule has 0 amide bonds. The van der Waals surface area contributed by atoms with Gasteiger partial charge < -0.3 is 10.2 Å². The molecule has 4 aliphatic carbocycles. The van der Waals surface area contributed by atoms with Gasteiger partial charge in [-0.3, -0.25) is 4.79 Å². The van der Waals surface area contributed by atoms with Gasteiger partial charge in [-0.05, 0) is 111 Å². The van der Waals surface area contributed by atoms with Gasteiger partial charge in [0.15, 0.2) is 0 Å². The van der Waals surface area contributed by atoms with E-state index in [0.717, 1.165) is 57.8 Å². The monoisotopic (exact) mass is 458 g/mol. The number of carboxylic acid groups (broad SMARTS) is 1. The summed E-state index contributed by atoms with van der Waals surface area (Å²) in [6.07, 6.45) is 11.7. The van der Waals surface area contributed by atoms with Crippen LogP contribution < -0.4 is 0 Å². The van der Waals surface area contributed by atoms with Gasteiger partial charge in [0.2, 0.25) is 0 Å². The lowest BCUT2D eigenvalue weighted by Gasteiger charge is -2.69. The maximum Gasteiger partial charge on any atom is 0.310 e. The average Bonchev–Trinajstić information content (AvgIpc) is 2.70. The van der Waals surface area contributed by atoms with Crippen LogP contribution in [0.5, 0.6) is 0 Å². The zero-order valence-corrected chi connectivity index (χ0v) is 22.6. The molecule has 0 heterocycles. The lowest BCUT2D eigenvalue weighted by Crippen LogP contribution is -2.64. The Labute approximate surface area is 202 Å². The number of carbonyl (C=O) groups is 1. The number of hydrogen-bond acceptors (Lipinski definition) is 2. The Hall–Kier alpha value is -0.830. The fourth-order valence-electron chi connectivity index (χ4n) is 10.3. The van der Waals surface area contributed by atoms with Crippen LogP contribution in [0.25, 0.3) is 0 Å². The van der Waals surface area contributed by atoms with Crippen LogP contribution >= 0.6 is 0 Å². The highest BCUT2D eigenvalue weighted by molar-refractivity contribution is 5.76. The summed E-state index contributed by atoms with van der Waals surface area (Å²) in [6, 6.07) is 0. The number of aliphatic hydroxyl groups is 1. The average molecular weight is 459 g/mol. The third-order valence-electron chi connectivity index (χ3n) is 12.3. The number of fused-ring (bicyclic) bond motifs is 5. The molecule has 0 bridgehead atoms. The van der Waals surface area contributed by atoms with Crippen molar-refractivity contribution in [2.24, 2.45) is 51.2 Å². The van der Waals surface area contributed by atoms with Gasteiger partial charge in [-0.15, -0.1) is 0 Å². The highest BCUT2D eigenvalue weighted by Gasteiger charge is 2.68. The van der Waals surface area contributed by atoms with Gasteiger partial charge in [0, 0.05) is 0 Å². The molecular weight excluding hydrogens is 408 g/mol. The van der Waals surface area contributed by atoms with Crippen molar-refractivity contribution < 1.29 is 15.0 Å². The van der Waals surface area contributed by atoms with Crippen molar-refractivity contribution in [3.8, 4) is 0 Å². The van der Waals surface area contributed by atoms with Crippen LogP contribution in [0.3, 0.4) is 0 Å². The van der Waals surface area contributed by atoms with E-state index in [1.54, 1.807) is 0 Å². The molecule has 3 saturated carbocycles. The summed E-state index contributed by atoms with van der Waals surface area (Å²) in [4.78, 5) is 12.8. The predicted octanol–water partition coefficient (Wildman–Crippen LogP) is 7.48. The summed E-state index contributed by atoms with van der Waals surface area (Å²) >= 11 is 0. The molecule has 3 fully saturated rings. The number of rotatable bonds is 4. The first-order chi connectivity index (χ1) is 15.2. The van der Waals surface area contributed by atoms with E-state index in [2.05, 4.69) is 47.6 Å². The van der Waals surface area contributed by atoms with Crippen molar-refractivity contribution in [3.63, 3.8) is 0 Å². The van der Waals surface area contributed by atoms with Gasteiger partial charge in [-0.1, -0.05) is 59.6 Å². The lowest BCUT2D eigenvalue weighted by molar-refractivity contribution is -0.190. The number of aliphatic carboxylic acids is 1. The first-order valence-corrected chi connectivity index (χ1v) is 13.9. The first-order valence-electron chi connectivity index (χ1n) is 13.9. The first kappa shape index (κ1) is 25.3. The van der Waals surface area contributed by atoms with Crippen LogP contribution in [0.15, 0.2) is 11.6 Å². The molecule has 0 aromatic heterocycles. The Balaban J connectivity index is 1.85. The molecule has 33 heavy (non-hydrogen) atoms. The normalized spacial score (nSPS) is 50.0. The molecule has 188 valence electrons. The molecule has 3 nitrogen and oxygen atoms in total. The summed E-state index contributed by atoms with van der Waals surface area (Å²) < 4.78 is 0. The molecule has 1 unspecified atom stereocenters. The number of hydrogen-bond donors (Lipinski definition) is 2.